The Labute approximate surface area is 148 Å². The zero-order valence-electron chi connectivity index (χ0n) is 14.8. The van der Waals surface area contributed by atoms with Crippen LogP contribution in [0.3, 0.4) is 0 Å². The molecule has 0 amide bonds. The first-order valence-electron chi connectivity index (χ1n) is 9.30. The van der Waals surface area contributed by atoms with E-state index in [4.69, 9.17) is 9.97 Å². The lowest BCUT2D eigenvalue weighted by Gasteiger charge is -2.27. The summed E-state index contributed by atoms with van der Waals surface area (Å²) in [5, 5.41) is 0. The van der Waals surface area contributed by atoms with Crippen LogP contribution in [0.1, 0.15) is 30.5 Å². The molecule has 0 atom stereocenters. The standard InChI is InChI=1S/C20H25FN4/c1-24-11-4-12-25(14-13-24)20-17-5-2-3-6-18(17)22-19(23-20)15-7-9-16(21)10-8-15/h7-10H,2-6,11-14H2,1H3. The first-order valence-corrected chi connectivity index (χ1v) is 9.30. The van der Waals surface area contributed by atoms with Crippen LogP contribution in [-0.4, -0.2) is 48.1 Å². The molecule has 0 saturated carbocycles. The second kappa shape index (κ2) is 7.08. The minimum atomic E-state index is -0.225. The predicted octanol–water partition coefficient (Wildman–Crippen LogP) is 3.30. The molecule has 5 heteroatoms. The summed E-state index contributed by atoms with van der Waals surface area (Å²) < 4.78 is 13.3. The van der Waals surface area contributed by atoms with Gasteiger partial charge in [-0.25, -0.2) is 14.4 Å². The molecule has 1 fully saturated rings. The first kappa shape index (κ1) is 16.5. The summed E-state index contributed by atoms with van der Waals surface area (Å²) >= 11 is 0. The molecule has 0 bridgehead atoms. The number of anilines is 1. The number of rotatable bonds is 2. The van der Waals surface area contributed by atoms with E-state index in [1.165, 1.54) is 36.2 Å². The zero-order valence-corrected chi connectivity index (χ0v) is 14.8. The average Bonchev–Trinajstić information content (AvgIpc) is 2.86. The normalized spacial score (nSPS) is 18.7. The van der Waals surface area contributed by atoms with E-state index in [-0.39, 0.29) is 5.82 Å². The van der Waals surface area contributed by atoms with Crippen molar-refractivity contribution in [3.63, 3.8) is 0 Å². The molecule has 0 spiro atoms. The van der Waals surface area contributed by atoms with Crippen molar-refractivity contribution in [1.82, 2.24) is 14.9 Å². The molecule has 1 aliphatic heterocycles. The van der Waals surface area contributed by atoms with Gasteiger partial charge in [-0.05, 0) is 70.0 Å². The van der Waals surface area contributed by atoms with Crippen molar-refractivity contribution in [1.29, 1.82) is 0 Å². The minimum Gasteiger partial charge on any atom is -0.355 e. The van der Waals surface area contributed by atoms with Gasteiger partial charge in [0.25, 0.3) is 0 Å². The molecule has 4 nitrogen and oxygen atoms in total. The molecule has 2 aliphatic rings. The second-order valence-corrected chi connectivity index (χ2v) is 7.15. The van der Waals surface area contributed by atoms with Gasteiger partial charge >= 0.3 is 0 Å². The van der Waals surface area contributed by atoms with Crippen molar-refractivity contribution in [2.75, 3.05) is 38.1 Å². The summed E-state index contributed by atoms with van der Waals surface area (Å²) in [7, 11) is 2.18. The fraction of sp³-hybridized carbons (Fsp3) is 0.500. The number of halogens is 1. The van der Waals surface area contributed by atoms with E-state index in [9.17, 15) is 4.39 Å². The van der Waals surface area contributed by atoms with Gasteiger partial charge in [0.2, 0.25) is 0 Å². The number of aromatic nitrogens is 2. The maximum atomic E-state index is 13.3. The number of fused-ring (bicyclic) bond motifs is 1. The molecule has 1 aromatic carbocycles. The van der Waals surface area contributed by atoms with Gasteiger partial charge in [0, 0.05) is 36.5 Å². The number of hydrogen-bond acceptors (Lipinski definition) is 4. The summed E-state index contributed by atoms with van der Waals surface area (Å²) in [4.78, 5) is 14.6. The third-order valence-electron chi connectivity index (χ3n) is 5.28. The number of aryl methyl sites for hydroxylation is 1. The molecule has 1 saturated heterocycles. The fourth-order valence-electron chi connectivity index (χ4n) is 3.82. The largest absolute Gasteiger partial charge is 0.355 e. The van der Waals surface area contributed by atoms with Gasteiger partial charge < -0.3 is 9.80 Å². The molecule has 1 aliphatic carbocycles. The fourth-order valence-corrected chi connectivity index (χ4v) is 3.82. The third-order valence-corrected chi connectivity index (χ3v) is 5.28. The highest BCUT2D eigenvalue weighted by atomic mass is 19.1. The number of hydrogen-bond donors (Lipinski definition) is 0. The molecule has 1 aromatic heterocycles. The molecular formula is C20H25FN4. The van der Waals surface area contributed by atoms with E-state index in [0.717, 1.165) is 62.6 Å². The predicted molar refractivity (Wildman–Crippen MR) is 98.4 cm³/mol. The highest BCUT2D eigenvalue weighted by Crippen LogP contribution is 2.31. The van der Waals surface area contributed by atoms with E-state index in [1.807, 2.05) is 0 Å². The Morgan fingerprint density at radius 1 is 0.880 bits per heavy atom. The maximum absolute atomic E-state index is 13.3. The topological polar surface area (TPSA) is 32.3 Å². The van der Waals surface area contributed by atoms with Gasteiger partial charge in [-0.1, -0.05) is 0 Å². The zero-order chi connectivity index (χ0) is 17.2. The lowest BCUT2D eigenvalue weighted by atomic mass is 9.95. The van der Waals surface area contributed by atoms with Crippen LogP contribution in [0.15, 0.2) is 24.3 Å². The average molecular weight is 340 g/mol. The van der Waals surface area contributed by atoms with E-state index >= 15 is 0 Å². The molecule has 0 N–H and O–H groups in total. The van der Waals surface area contributed by atoms with Crippen molar-refractivity contribution in [3.05, 3.63) is 41.3 Å². The quantitative estimate of drug-likeness (QED) is 0.840. The smallest absolute Gasteiger partial charge is 0.161 e. The van der Waals surface area contributed by atoms with Crippen molar-refractivity contribution in [2.45, 2.75) is 32.1 Å². The van der Waals surface area contributed by atoms with E-state index < -0.39 is 0 Å². The van der Waals surface area contributed by atoms with Gasteiger partial charge in [-0.3, -0.25) is 0 Å². The maximum Gasteiger partial charge on any atom is 0.161 e. The van der Waals surface area contributed by atoms with Crippen LogP contribution in [0.5, 0.6) is 0 Å². The van der Waals surface area contributed by atoms with Crippen LogP contribution < -0.4 is 4.90 Å². The van der Waals surface area contributed by atoms with Crippen LogP contribution in [0.25, 0.3) is 11.4 Å². The van der Waals surface area contributed by atoms with E-state index in [0.29, 0.717) is 0 Å². The van der Waals surface area contributed by atoms with Crippen molar-refractivity contribution >= 4 is 5.82 Å². The number of nitrogens with zero attached hydrogens (tertiary/aromatic N) is 4. The Morgan fingerprint density at radius 2 is 1.68 bits per heavy atom. The van der Waals surface area contributed by atoms with Crippen LogP contribution in [0.2, 0.25) is 0 Å². The molecule has 0 unspecified atom stereocenters. The van der Waals surface area contributed by atoms with Crippen LogP contribution >= 0.6 is 0 Å². The molecule has 4 rings (SSSR count). The molecule has 2 aromatic rings. The highest BCUT2D eigenvalue weighted by molar-refractivity contribution is 5.61. The minimum absolute atomic E-state index is 0.225. The van der Waals surface area contributed by atoms with E-state index in [1.54, 1.807) is 12.1 Å². The van der Waals surface area contributed by atoms with Crippen LogP contribution in [0.4, 0.5) is 10.2 Å². The van der Waals surface area contributed by atoms with Crippen LogP contribution in [0, 0.1) is 5.82 Å². The Morgan fingerprint density at radius 3 is 2.52 bits per heavy atom. The highest BCUT2D eigenvalue weighted by Gasteiger charge is 2.23. The molecule has 132 valence electrons. The summed E-state index contributed by atoms with van der Waals surface area (Å²) in [6.45, 7) is 4.23. The van der Waals surface area contributed by atoms with E-state index in [2.05, 4.69) is 16.8 Å². The Bertz CT molecular complexity index is 744. The number of benzene rings is 1. The van der Waals surface area contributed by atoms with Crippen molar-refractivity contribution in [2.24, 2.45) is 0 Å². The summed E-state index contributed by atoms with van der Waals surface area (Å²) in [5.41, 5.74) is 3.41. The third kappa shape index (κ3) is 3.52. The summed E-state index contributed by atoms with van der Waals surface area (Å²) in [5.74, 6) is 1.62. The summed E-state index contributed by atoms with van der Waals surface area (Å²) in [6, 6.07) is 6.52. The van der Waals surface area contributed by atoms with Gasteiger partial charge in [0.15, 0.2) is 5.82 Å². The second-order valence-electron chi connectivity index (χ2n) is 7.15. The first-order chi connectivity index (χ1) is 12.2. The summed E-state index contributed by atoms with van der Waals surface area (Å²) in [6.07, 6.45) is 5.65. The Kier molecular flexibility index (Phi) is 4.66. The molecule has 2 heterocycles. The van der Waals surface area contributed by atoms with Crippen molar-refractivity contribution in [3.8, 4) is 11.4 Å². The SMILES string of the molecule is CN1CCCN(c2nc(-c3ccc(F)cc3)nc3c2CCCC3)CC1. The van der Waals surface area contributed by atoms with Crippen LogP contribution in [-0.2, 0) is 12.8 Å². The molecular weight excluding hydrogens is 315 g/mol. The van der Waals surface area contributed by atoms with Gasteiger partial charge in [0.1, 0.15) is 11.6 Å². The van der Waals surface area contributed by atoms with Gasteiger partial charge in [-0.15, -0.1) is 0 Å². The monoisotopic (exact) mass is 340 g/mol. The lowest BCUT2D eigenvalue weighted by Crippen LogP contribution is -2.31. The van der Waals surface area contributed by atoms with Crippen molar-refractivity contribution < 1.29 is 4.39 Å². The number of likely N-dealkylation sites (N-methyl/N-ethyl adjacent to an activating group) is 1. The van der Waals surface area contributed by atoms with Gasteiger partial charge in [-0.2, -0.15) is 0 Å². The Balaban J connectivity index is 1.76. The Hall–Kier alpha value is -2.01. The lowest BCUT2D eigenvalue weighted by molar-refractivity contribution is 0.360. The molecule has 0 radical (unpaired) electrons. The molecule has 25 heavy (non-hydrogen) atoms. The van der Waals surface area contributed by atoms with Gasteiger partial charge in [0.05, 0.1) is 0 Å².